The van der Waals surface area contributed by atoms with E-state index in [1.54, 1.807) is 42.7 Å². The number of hydrogen-bond donors (Lipinski definition) is 0. The Labute approximate surface area is 198 Å². The molecule has 0 saturated heterocycles. The third-order valence-electron chi connectivity index (χ3n) is 4.21. The second kappa shape index (κ2) is 12.8. The first kappa shape index (κ1) is 26.2. The summed E-state index contributed by atoms with van der Waals surface area (Å²) >= 11 is 15.3. The van der Waals surface area contributed by atoms with Gasteiger partial charge in [0.2, 0.25) is 5.91 Å². The number of rotatable bonds is 3. The lowest BCUT2D eigenvalue weighted by atomic mass is 10.2. The zero-order valence-electron chi connectivity index (χ0n) is 18.2. The van der Waals surface area contributed by atoms with Crippen molar-refractivity contribution in [3.05, 3.63) is 80.8 Å². The van der Waals surface area contributed by atoms with Crippen LogP contribution in [0.5, 0.6) is 0 Å². The highest BCUT2D eigenvalue weighted by molar-refractivity contribution is 9.10. The molecule has 1 amide bonds. The molecule has 3 aromatic rings. The number of carbonyl (C=O) groups excluding carboxylic acids is 1. The van der Waals surface area contributed by atoms with Crippen LogP contribution < -0.4 is 4.90 Å². The van der Waals surface area contributed by atoms with Gasteiger partial charge < -0.3 is 9.47 Å². The quantitative estimate of drug-likeness (QED) is 0.364. The maximum absolute atomic E-state index is 12.5. The van der Waals surface area contributed by atoms with Crippen molar-refractivity contribution in [1.29, 1.82) is 0 Å². The first-order valence-electron chi connectivity index (χ1n) is 9.63. The monoisotopic (exact) mass is 511 g/mol. The molecule has 1 unspecified atom stereocenters. The first-order valence-corrected chi connectivity index (χ1v) is 11.2. The van der Waals surface area contributed by atoms with E-state index in [4.69, 9.17) is 23.2 Å². The molecule has 0 N–H and O–H groups in total. The number of imidazole rings is 1. The van der Waals surface area contributed by atoms with Gasteiger partial charge in [0.15, 0.2) is 0 Å². The van der Waals surface area contributed by atoms with E-state index in [2.05, 4.69) is 40.0 Å². The molecule has 0 aliphatic rings. The number of halogens is 3. The number of benzene rings is 2. The van der Waals surface area contributed by atoms with Crippen molar-refractivity contribution in [2.24, 2.45) is 0 Å². The fourth-order valence-corrected chi connectivity index (χ4v) is 3.35. The van der Waals surface area contributed by atoms with Crippen LogP contribution in [-0.4, -0.2) is 22.5 Å². The van der Waals surface area contributed by atoms with Gasteiger partial charge in [0.1, 0.15) is 6.04 Å². The summed E-state index contributed by atoms with van der Waals surface area (Å²) in [6.07, 6.45) is 3.37. The molecule has 0 spiro atoms. The summed E-state index contributed by atoms with van der Waals surface area (Å²) in [5.74, 6) is -0.0653. The average Bonchev–Trinajstić information content (AvgIpc) is 3.15. The average molecular weight is 513 g/mol. The van der Waals surface area contributed by atoms with Gasteiger partial charge >= 0.3 is 0 Å². The van der Waals surface area contributed by atoms with E-state index in [0.717, 1.165) is 10.2 Å². The number of carbonyl (C=O) groups is 1. The molecule has 0 radical (unpaired) electrons. The predicted molar refractivity (Wildman–Crippen MR) is 132 cm³/mol. The van der Waals surface area contributed by atoms with Gasteiger partial charge in [-0.3, -0.25) is 4.79 Å². The van der Waals surface area contributed by atoms with Gasteiger partial charge in [-0.05, 0) is 51.1 Å². The molecule has 0 saturated carbocycles. The fourth-order valence-electron chi connectivity index (χ4n) is 2.57. The van der Waals surface area contributed by atoms with Crippen molar-refractivity contribution in [1.82, 2.24) is 9.55 Å². The number of anilines is 1. The zero-order valence-corrected chi connectivity index (χ0v) is 21.3. The van der Waals surface area contributed by atoms with Crippen LogP contribution in [0.25, 0.3) is 0 Å². The Morgan fingerprint density at radius 3 is 2.03 bits per heavy atom. The third-order valence-corrected chi connectivity index (χ3v) is 5.18. The molecular weight excluding hydrogens is 485 g/mol. The fraction of sp³-hybridized carbons (Fsp3) is 0.304. The maximum Gasteiger partial charge on any atom is 0.249 e. The summed E-state index contributed by atoms with van der Waals surface area (Å²) in [5.41, 5.74) is 2.90. The SMILES string of the molecule is CC.Cc1ccc(Br)cc1.Cc1cncn1C(C)C(=O)N(C)c1cc(Cl)cc(Cl)c1. The molecule has 2 aromatic carbocycles. The number of likely N-dealkylation sites (N-methyl/N-ethyl adjacent to an activating group) is 1. The molecule has 162 valence electrons. The minimum atomic E-state index is -0.347. The molecule has 1 heterocycles. The predicted octanol–water partition coefficient (Wildman–Crippen LogP) is 7.51. The van der Waals surface area contributed by atoms with Crippen molar-refractivity contribution in [2.45, 2.75) is 40.7 Å². The summed E-state index contributed by atoms with van der Waals surface area (Å²) < 4.78 is 2.97. The highest BCUT2D eigenvalue weighted by Crippen LogP contribution is 2.26. The van der Waals surface area contributed by atoms with E-state index in [9.17, 15) is 4.79 Å². The van der Waals surface area contributed by atoms with Crippen LogP contribution in [0.15, 0.2) is 59.5 Å². The summed E-state index contributed by atoms with van der Waals surface area (Å²) in [6, 6.07) is 12.9. The Morgan fingerprint density at radius 2 is 1.60 bits per heavy atom. The summed E-state index contributed by atoms with van der Waals surface area (Å²) in [4.78, 5) is 18.1. The lowest BCUT2D eigenvalue weighted by Crippen LogP contribution is -2.33. The Hall–Kier alpha value is -1.82. The largest absolute Gasteiger partial charge is 0.323 e. The van der Waals surface area contributed by atoms with Gasteiger partial charge in [0.25, 0.3) is 0 Å². The van der Waals surface area contributed by atoms with E-state index in [0.29, 0.717) is 15.7 Å². The zero-order chi connectivity index (χ0) is 22.8. The molecule has 0 aliphatic heterocycles. The smallest absolute Gasteiger partial charge is 0.249 e. The van der Waals surface area contributed by atoms with Crippen molar-refractivity contribution in [3.8, 4) is 0 Å². The van der Waals surface area contributed by atoms with Crippen LogP contribution in [0.4, 0.5) is 5.69 Å². The maximum atomic E-state index is 12.5. The molecule has 3 rings (SSSR count). The van der Waals surface area contributed by atoms with E-state index < -0.39 is 0 Å². The number of aryl methyl sites for hydroxylation is 2. The second-order valence-corrected chi connectivity index (χ2v) is 8.23. The highest BCUT2D eigenvalue weighted by atomic mass is 79.9. The molecule has 1 aromatic heterocycles. The standard InChI is InChI=1S/C14H15Cl2N3O.C7H7Br.C2H6/c1-9-7-17-8-19(9)10(2)14(20)18(3)13-5-11(15)4-12(16)6-13;1-6-2-4-7(8)5-3-6;1-2/h4-8,10H,1-3H3;2-5H,1H3;1-2H3. The lowest BCUT2D eigenvalue weighted by Gasteiger charge is -2.23. The van der Waals surface area contributed by atoms with Crippen LogP contribution in [0.1, 0.15) is 38.1 Å². The third kappa shape index (κ3) is 7.78. The van der Waals surface area contributed by atoms with Crippen molar-refractivity contribution in [2.75, 3.05) is 11.9 Å². The molecule has 0 bridgehead atoms. The number of nitrogens with zero attached hydrogens (tertiary/aromatic N) is 3. The van der Waals surface area contributed by atoms with Gasteiger partial charge in [-0.2, -0.15) is 0 Å². The van der Waals surface area contributed by atoms with Crippen LogP contribution in [0.3, 0.4) is 0 Å². The summed E-state index contributed by atoms with van der Waals surface area (Å²) in [5, 5.41) is 0.997. The molecule has 0 aliphatic carbocycles. The van der Waals surface area contributed by atoms with E-state index in [1.807, 2.05) is 44.4 Å². The topological polar surface area (TPSA) is 38.1 Å². The van der Waals surface area contributed by atoms with Crippen molar-refractivity contribution >= 4 is 50.7 Å². The van der Waals surface area contributed by atoms with E-state index in [1.165, 1.54) is 5.56 Å². The Kier molecular flexibility index (Phi) is 11.2. The molecule has 4 nitrogen and oxygen atoms in total. The van der Waals surface area contributed by atoms with Gasteiger partial charge in [-0.25, -0.2) is 4.98 Å². The second-order valence-electron chi connectivity index (χ2n) is 6.44. The Morgan fingerprint density at radius 1 is 1.07 bits per heavy atom. The van der Waals surface area contributed by atoms with Gasteiger partial charge in [-0.15, -0.1) is 0 Å². The Bertz CT molecular complexity index is 901. The normalized spacial score (nSPS) is 10.8. The summed E-state index contributed by atoms with van der Waals surface area (Å²) in [7, 11) is 1.70. The van der Waals surface area contributed by atoms with Crippen molar-refractivity contribution in [3.63, 3.8) is 0 Å². The molecular formula is C23H28BrCl2N3O. The van der Waals surface area contributed by atoms with Crippen molar-refractivity contribution < 1.29 is 4.79 Å². The molecule has 1 atom stereocenters. The van der Waals surface area contributed by atoms with Crippen LogP contribution in [-0.2, 0) is 4.79 Å². The molecule has 7 heteroatoms. The van der Waals surface area contributed by atoms with E-state index in [-0.39, 0.29) is 11.9 Å². The molecule has 0 fully saturated rings. The van der Waals surface area contributed by atoms with Crippen LogP contribution >= 0.6 is 39.1 Å². The van der Waals surface area contributed by atoms with Crippen LogP contribution in [0, 0.1) is 13.8 Å². The van der Waals surface area contributed by atoms with Gasteiger partial charge in [0, 0.05) is 39.1 Å². The molecule has 30 heavy (non-hydrogen) atoms. The Balaban J connectivity index is 0.000000375. The van der Waals surface area contributed by atoms with E-state index >= 15 is 0 Å². The minimum Gasteiger partial charge on any atom is -0.323 e. The van der Waals surface area contributed by atoms with Gasteiger partial charge in [-0.1, -0.05) is 70.7 Å². The number of aromatic nitrogens is 2. The summed E-state index contributed by atoms with van der Waals surface area (Å²) in [6.45, 7) is 9.82. The van der Waals surface area contributed by atoms with Crippen LogP contribution in [0.2, 0.25) is 10.0 Å². The number of hydrogen-bond acceptors (Lipinski definition) is 2. The first-order chi connectivity index (χ1) is 14.2. The lowest BCUT2D eigenvalue weighted by molar-refractivity contribution is -0.121. The minimum absolute atomic E-state index is 0.0653. The van der Waals surface area contributed by atoms with Gasteiger partial charge in [0.05, 0.1) is 6.33 Å². The highest BCUT2D eigenvalue weighted by Gasteiger charge is 2.21. The number of amides is 1.